The molecule has 0 unspecified atom stereocenters. The Kier molecular flexibility index (Phi) is 5.97. The molecule has 0 saturated heterocycles. The summed E-state index contributed by atoms with van der Waals surface area (Å²) in [6.07, 6.45) is 0.619. The summed E-state index contributed by atoms with van der Waals surface area (Å²) < 4.78 is 20.1. The summed E-state index contributed by atoms with van der Waals surface area (Å²) >= 11 is 5.25. The third-order valence-corrected chi connectivity index (χ3v) is 4.37. The van der Waals surface area contributed by atoms with Crippen LogP contribution in [0.5, 0.6) is 5.75 Å². The van der Waals surface area contributed by atoms with Crippen molar-refractivity contribution in [3.63, 3.8) is 0 Å². The lowest BCUT2D eigenvalue weighted by Gasteiger charge is -2.09. The lowest BCUT2D eigenvalue weighted by molar-refractivity contribution is -0.121. The van der Waals surface area contributed by atoms with E-state index in [1.165, 1.54) is 12.1 Å². The maximum absolute atomic E-state index is 12.9. The maximum atomic E-state index is 12.9. The van der Waals surface area contributed by atoms with E-state index in [9.17, 15) is 9.18 Å². The van der Waals surface area contributed by atoms with Gasteiger partial charge in [0.2, 0.25) is 5.91 Å². The number of hydrogen-bond donors (Lipinski definition) is 2. The molecule has 8 heteroatoms. The molecule has 0 fully saturated rings. The standard InChI is InChI=1S/C19H19FN4O2S/c1-26-16-8-4-14(5-9-16)18-22-23-19(27)24(18)12-17(25)21-11-10-13-2-6-15(20)7-3-13/h2-9H,10-12H2,1H3,(H,21,25)(H,23,27). The summed E-state index contributed by atoms with van der Waals surface area (Å²) in [5.41, 5.74) is 1.78. The summed E-state index contributed by atoms with van der Waals surface area (Å²) in [5, 5.41) is 9.79. The van der Waals surface area contributed by atoms with E-state index in [0.717, 1.165) is 16.9 Å². The van der Waals surface area contributed by atoms with Crippen molar-refractivity contribution in [2.75, 3.05) is 13.7 Å². The molecular weight excluding hydrogens is 367 g/mol. The molecule has 1 aromatic heterocycles. The van der Waals surface area contributed by atoms with E-state index in [1.54, 1.807) is 23.8 Å². The van der Waals surface area contributed by atoms with Crippen molar-refractivity contribution in [2.24, 2.45) is 0 Å². The summed E-state index contributed by atoms with van der Waals surface area (Å²) in [6.45, 7) is 0.508. The van der Waals surface area contributed by atoms with E-state index in [4.69, 9.17) is 17.0 Å². The number of H-pyrrole nitrogens is 1. The highest BCUT2D eigenvalue weighted by Crippen LogP contribution is 2.20. The first-order valence-corrected chi connectivity index (χ1v) is 8.78. The minimum absolute atomic E-state index is 0.0557. The molecule has 140 valence electrons. The smallest absolute Gasteiger partial charge is 0.240 e. The van der Waals surface area contributed by atoms with Gasteiger partial charge in [0, 0.05) is 12.1 Å². The number of benzene rings is 2. The van der Waals surface area contributed by atoms with Gasteiger partial charge in [0.25, 0.3) is 0 Å². The normalized spacial score (nSPS) is 10.6. The Balaban J connectivity index is 1.62. The van der Waals surface area contributed by atoms with Gasteiger partial charge in [0.1, 0.15) is 18.1 Å². The quantitative estimate of drug-likeness (QED) is 0.612. The van der Waals surface area contributed by atoms with E-state index < -0.39 is 0 Å². The lowest BCUT2D eigenvalue weighted by Crippen LogP contribution is -2.29. The Morgan fingerprint density at radius 3 is 2.59 bits per heavy atom. The number of halogens is 1. The number of carbonyl (C=O) groups excluding carboxylic acids is 1. The molecule has 0 spiro atoms. The monoisotopic (exact) mass is 386 g/mol. The topological polar surface area (TPSA) is 71.9 Å². The Labute approximate surface area is 161 Å². The number of carbonyl (C=O) groups is 1. The highest BCUT2D eigenvalue weighted by atomic mass is 32.1. The molecular formula is C19H19FN4O2S. The van der Waals surface area contributed by atoms with E-state index in [-0.39, 0.29) is 18.3 Å². The zero-order chi connectivity index (χ0) is 19.2. The SMILES string of the molecule is COc1ccc(-c2n[nH]c(=S)n2CC(=O)NCCc2ccc(F)cc2)cc1. The zero-order valence-corrected chi connectivity index (χ0v) is 15.6. The van der Waals surface area contributed by atoms with Crippen molar-refractivity contribution in [2.45, 2.75) is 13.0 Å². The molecule has 0 radical (unpaired) electrons. The van der Waals surface area contributed by atoms with Crippen LogP contribution in [0.4, 0.5) is 4.39 Å². The molecule has 3 aromatic rings. The Bertz CT molecular complexity index is 965. The van der Waals surface area contributed by atoms with Crippen molar-refractivity contribution in [1.82, 2.24) is 20.1 Å². The van der Waals surface area contributed by atoms with Crippen molar-refractivity contribution in [3.8, 4) is 17.1 Å². The van der Waals surface area contributed by atoms with Crippen molar-refractivity contribution in [3.05, 3.63) is 64.7 Å². The largest absolute Gasteiger partial charge is 0.497 e. The van der Waals surface area contributed by atoms with Crippen molar-refractivity contribution < 1.29 is 13.9 Å². The van der Waals surface area contributed by atoms with Crippen LogP contribution in [0, 0.1) is 10.6 Å². The van der Waals surface area contributed by atoms with Crippen LogP contribution in [-0.2, 0) is 17.8 Å². The van der Waals surface area contributed by atoms with Gasteiger partial charge in [-0.1, -0.05) is 12.1 Å². The molecule has 2 N–H and O–H groups in total. The molecule has 0 bridgehead atoms. The average molecular weight is 386 g/mol. The van der Waals surface area contributed by atoms with E-state index in [0.29, 0.717) is 23.6 Å². The highest BCUT2D eigenvalue weighted by molar-refractivity contribution is 7.71. The molecule has 2 aromatic carbocycles. The predicted molar refractivity (Wildman–Crippen MR) is 103 cm³/mol. The van der Waals surface area contributed by atoms with E-state index in [1.807, 2.05) is 24.3 Å². The first kappa shape index (κ1) is 18.8. The Morgan fingerprint density at radius 1 is 1.22 bits per heavy atom. The summed E-state index contributed by atoms with van der Waals surface area (Å²) in [4.78, 5) is 12.3. The molecule has 0 saturated carbocycles. The van der Waals surface area contributed by atoms with Crippen LogP contribution in [0.2, 0.25) is 0 Å². The number of ether oxygens (including phenoxy) is 1. The number of methoxy groups -OCH3 is 1. The average Bonchev–Trinajstić information content (AvgIpc) is 3.04. The minimum Gasteiger partial charge on any atom is -0.497 e. The van der Waals surface area contributed by atoms with Crippen LogP contribution in [0.25, 0.3) is 11.4 Å². The van der Waals surface area contributed by atoms with Gasteiger partial charge in [0.15, 0.2) is 10.6 Å². The maximum Gasteiger partial charge on any atom is 0.240 e. The van der Waals surface area contributed by atoms with Gasteiger partial charge in [-0.15, -0.1) is 0 Å². The summed E-state index contributed by atoms with van der Waals surface area (Å²) in [7, 11) is 1.60. The molecule has 27 heavy (non-hydrogen) atoms. The second-order valence-corrected chi connectivity index (χ2v) is 6.28. The fraction of sp³-hybridized carbons (Fsp3) is 0.211. The first-order chi connectivity index (χ1) is 13.1. The number of nitrogens with zero attached hydrogens (tertiary/aromatic N) is 2. The van der Waals surface area contributed by atoms with Crippen molar-refractivity contribution in [1.29, 1.82) is 0 Å². The van der Waals surface area contributed by atoms with Crippen LogP contribution in [-0.4, -0.2) is 34.3 Å². The fourth-order valence-corrected chi connectivity index (χ4v) is 2.82. The van der Waals surface area contributed by atoms with Gasteiger partial charge in [-0.25, -0.2) is 4.39 Å². The fourth-order valence-electron chi connectivity index (χ4n) is 2.62. The molecule has 0 atom stereocenters. The number of rotatable bonds is 7. The van der Waals surface area contributed by atoms with Gasteiger partial charge in [0.05, 0.1) is 7.11 Å². The highest BCUT2D eigenvalue weighted by Gasteiger charge is 2.12. The molecule has 1 amide bonds. The van der Waals surface area contributed by atoms with Crippen LogP contribution >= 0.6 is 12.2 Å². The second-order valence-electron chi connectivity index (χ2n) is 5.89. The van der Waals surface area contributed by atoms with Gasteiger partial charge < -0.3 is 10.1 Å². The third-order valence-electron chi connectivity index (χ3n) is 4.06. The summed E-state index contributed by atoms with van der Waals surface area (Å²) in [5.74, 6) is 0.863. The zero-order valence-electron chi connectivity index (χ0n) is 14.7. The lowest BCUT2D eigenvalue weighted by atomic mass is 10.1. The van der Waals surface area contributed by atoms with Crippen LogP contribution in [0.3, 0.4) is 0 Å². The molecule has 0 aliphatic rings. The van der Waals surface area contributed by atoms with Gasteiger partial charge in [-0.2, -0.15) is 5.10 Å². The van der Waals surface area contributed by atoms with Crippen molar-refractivity contribution >= 4 is 18.1 Å². The Morgan fingerprint density at radius 2 is 1.93 bits per heavy atom. The van der Waals surface area contributed by atoms with E-state index in [2.05, 4.69) is 15.5 Å². The van der Waals surface area contributed by atoms with Gasteiger partial charge in [-0.05, 0) is 60.6 Å². The number of amides is 1. The predicted octanol–water partition coefficient (Wildman–Crippen LogP) is 3.11. The minimum atomic E-state index is -0.275. The van der Waals surface area contributed by atoms with Gasteiger partial charge in [-0.3, -0.25) is 14.5 Å². The number of nitrogens with one attached hydrogen (secondary N) is 2. The van der Waals surface area contributed by atoms with Crippen LogP contribution in [0.15, 0.2) is 48.5 Å². The molecule has 0 aliphatic carbocycles. The second kappa shape index (κ2) is 8.59. The molecule has 1 heterocycles. The van der Waals surface area contributed by atoms with Crippen LogP contribution < -0.4 is 10.1 Å². The molecule has 0 aliphatic heterocycles. The van der Waals surface area contributed by atoms with Crippen LogP contribution in [0.1, 0.15) is 5.56 Å². The number of aromatic nitrogens is 3. The molecule has 3 rings (SSSR count). The third kappa shape index (κ3) is 4.79. The molecule has 6 nitrogen and oxygen atoms in total. The summed E-state index contributed by atoms with van der Waals surface area (Å²) in [6, 6.07) is 13.6. The van der Waals surface area contributed by atoms with Gasteiger partial charge >= 0.3 is 0 Å². The Hall–Kier alpha value is -3.00. The number of aromatic amines is 1. The van der Waals surface area contributed by atoms with E-state index >= 15 is 0 Å². The number of hydrogen-bond acceptors (Lipinski definition) is 4. The first-order valence-electron chi connectivity index (χ1n) is 8.37.